The van der Waals surface area contributed by atoms with Crippen molar-refractivity contribution in [3.05, 3.63) is 36.2 Å². The minimum atomic E-state index is -0.923. The molecule has 0 aliphatic rings. The van der Waals surface area contributed by atoms with Crippen molar-refractivity contribution >= 4 is 5.97 Å². The Kier molecular flexibility index (Phi) is 3.46. The van der Waals surface area contributed by atoms with Crippen molar-refractivity contribution in [1.82, 2.24) is 15.5 Å². The first kappa shape index (κ1) is 11.3. The zero-order valence-electron chi connectivity index (χ0n) is 8.96. The van der Waals surface area contributed by atoms with Crippen molar-refractivity contribution in [1.29, 1.82) is 0 Å². The molecule has 1 heterocycles. The molecule has 0 fully saturated rings. The summed E-state index contributed by atoms with van der Waals surface area (Å²) in [5, 5.41) is 14.9. The van der Waals surface area contributed by atoms with Crippen LogP contribution in [0.25, 0.3) is 11.4 Å². The summed E-state index contributed by atoms with van der Waals surface area (Å²) >= 11 is 0. The van der Waals surface area contributed by atoms with Gasteiger partial charge in [0.1, 0.15) is 0 Å². The monoisotopic (exact) mass is 233 g/mol. The minimum absolute atomic E-state index is 0.136. The second kappa shape index (κ2) is 5.22. The van der Waals surface area contributed by atoms with Crippen LogP contribution in [0, 0.1) is 0 Å². The normalized spacial score (nSPS) is 10.4. The average molecular weight is 233 g/mol. The summed E-state index contributed by atoms with van der Waals surface area (Å²) in [7, 11) is 0. The van der Waals surface area contributed by atoms with E-state index in [4.69, 9.17) is 9.63 Å². The van der Waals surface area contributed by atoms with Gasteiger partial charge in [-0.15, -0.1) is 0 Å². The molecule has 0 bridgehead atoms. The molecule has 0 aliphatic carbocycles. The summed E-state index contributed by atoms with van der Waals surface area (Å²) in [6.07, 6.45) is 0. The fourth-order valence-corrected chi connectivity index (χ4v) is 1.31. The van der Waals surface area contributed by atoms with E-state index in [9.17, 15) is 4.79 Å². The highest BCUT2D eigenvalue weighted by molar-refractivity contribution is 5.68. The van der Waals surface area contributed by atoms with Crippen LogP contribution in [0.3, 0.4) is 0 Å². The smallest absolute Gasteiger partial charge is 0.317 e. The molecule has 0 atom stereocenters. The van der Waals surface area contributed by atoms with Gasteiger partial charge >= 0.3 is 5.97 Å². The fraction of sp³-hybridized carbons (Fsp3) is 0.182. The summed E-state index contributed by atoms with van der Waals surface area (Å²) in [4.78, 5) is 14.4. The molecule has 1 aromatic heterocycles. The first-order valence-electron chi connectivity index (χ1n) is 5.06. The molecule has 0 saturated heterocycles. The molecule has 0 unspecified atom stereocenters. The number of benzene rings is 1. The molecule has 0 radical (unpaired) electrons. The number of carbonyl (C=O) groups is 1. The summed E-state index contributed by atoms with van der Waals surface area (Å²) < 4.78 is 4.98. The van der Waals surface area contributed by atoms with Crippen LogP contribution in [0.5, 0.6) is 0 Å². The Morgan fingerprint density at radius 2 is 2.12 bits per heavy atom. The molecule has 2 aromatic rings. The lowest BCUT2D eigenvalue weighted by Gasteiger charge is -1.94. The van der Waals surface area contributed by atoms with Crippen LogP contribution in [0.4, 0.5) is 0 Å². The van der Waals surface area contributed by atoms with Gasteiger partial charge in [-0.05, 0) is 0 Å². The highest BCUT2D eigenvalue weighted by atomic mass is 16.5. The number of carboxylic acids is 1. The summed E-state index contributed by atoms with van der Waals surface area (Å²) in [5.74, 6) is -0.0596. The van der Waals surface area contributed by atoms with Gasteiger partial charge < -0.3 is 9.63 Å². The second-order valence-electron chi connectivity index (χ2n) is 3.38. The Labute approximate surface area is 97.3 Å². The maximum absolute atomic E-state index is 10.3. The number of hydrogen-bond acceptors (Lipinski definition) is 5. The Morgan fingerprint density at radius 1 is 1.35 bits per heavy atom. The Hall–Kier alpha value is -2.21. The van der Waals surface area contributed by atoms with Crippen LogP contribution in [-0.4, -0.2) is 27.8 Å². The zero-order valence-corrected chi connectivity index (χ0v) is 8.96. The van der Waals surface area contributed by atoms with Crippen molar-refractivity contribution in [3.63, 3.8) is 0 Å². The molecule has 6 heteroatoms. The van der Waals surface area contributed by atoms with E-state index in [2.05, 4.69) is 15.5 Å². The van der Waals surface area contributed by atoms with Crippen molar-refractivity contribution in [2.75, 3.05) is 6.54 Å². The molecule has 0 amide bonds. The Bertz CT molecular complexity index is 496. The SMILES string of the molecule is O=C(O)CNCc1nc(-c2ccccc2)no1. The van der Waals surface area contributed by atoms with Crippen LogP contribution in [0.2, 0.25) is 0 Å². The molecule has 17 heavy (non-hydrogen) atoms. The third-order valence-electron chi connectivity index (χ3n) is 2.05. The van der Waals surface area contributed by atoms with Gasteiger partial charge in [0.25, 0.3) is 0 Å². The predicted octanol–water partition coefficient (Wildman–Crippen LogP) is 0.911. The number of aliphatic carboxylic acids is 1. The molecule has 2 rings (SSSR count). The van der Waals surface area contributed by atoms with Crippen LogP contribution in [0.1, 0.15) is 5.89 Å². The standard InChI is InChI=1S/C11H11N3O3/c15-10(16)7-12-6-9-13-11(14-17-9)8-4-2-1-3-5-8/h1-5,12H,6-7H2,(H,15,16). The number of aromatic nitrogens is 2. The molecular formula is C11H11N3O3. The van der Waals surface area contributed by atoms with Gasteiger partial charge in [0, 0.05) is 5.56 Å². The summed E-state index contributed by atoms with van der Waals surface area (Å²) in [6.45, 7) is 0.106. The molecule has 88 valence electrons. The molecule has 6 nitrogen and oxygen atoms in total. The van der Waals surface area contributed by atoms with E-state index >= 15 is 0 Å². The molecule has 2 N–H and O–H groups in total. The highest BCUT2D eigenvalue weighted by Gasteiger charge is 2.07. The van der Waals surface area contributed by atoms with Gasteiger partial charge in [0.15, 0.2) is 0 Å². The average Bonchev–Trinajstić information content (AvgIpc) is 2.78. The van der Waals surface area contributed by atoms with E-state index in [1.807, 2.05) is 30.3 Å². The van der Waals surface area contributed by atoms with Crippen LogP contribution in [-0.2, 0) is 11.3 Å². The van der Waals surface area contributed by atoms with Gasteiger partial charge in [0.2, 0.25) is 11.7 Å². The molecule has 1 aromatic carbocycles. The Morgan fingerprint density at radius 3 is 2.82 bits per heavy atom. The first-order chi connectivity index (χ1) is 8.25. The number of nitrogens with zero attached hydrogens (tertiary/aromatic N) is 2. The van der Waals surface area contributed by atoms with E-state index in [1.54, 1.807) is 0 Å². The van der Waals surface area contributed by atoms with E-state index in [1.165, 1.54) is 0 Å². The highest BCUT2D eigenvalue weighted by Crippen LogP contribution is 2.14. The van der Waals surface area contributed by atoms with Crippen LogP contribution in [0.15, 0.2) is 34.9 Å². The molecule has 0 aliphatic heterocycles. The third kappa shape index (κ3) is 3.12. The van der Waals surface area contributed by atoms with E-state index in [-0.39, 0.29) is 13.1 Å². The quantitative estimate of drug-likeness (QED) is 0.798. The Balaban J connectivity index is 1.99. The van der Waals surface area contributed by atoms with E-state index in [0.29, 0.717) is 11.7 Å². The zero-order chi connectivity index (χ0) is 12.1. The number of carboxylic acid groups (broad SMARTS) is 1. The maximum Gasteiger partial charge on any atom is 0.317 e. The first-order valence-corrected chi connectivity index (χ1v) is 5.06. The van der Waals surface area contributed by atoms with Crippen molar-refractivity contribution in [2.24, 2.45) is 0 Å². The number of nitrogens with one attached hydrogen (secondary N) is 1. The lowest BCUT2D eigenvalue weighted by atomic mass is 10.2. The van der Waals surface area contributed by atoms with Gasteiger partial charge in [-0.3, -0.25) is 10.1 Å². The number of rotatable bonds is 5. The van der Waals surface area contributed by atoms with E-state index < -0.39 is 5.97 Å². The lowest BCUT2D eigenvalue weighted by molar-refractivity contribution is -0.136. The summed E-state index contributed by atoms with van der Waals surface area (Å²) in [6, 6.07) is 9.42. The van der Waals surface area contributed by atoms with Crippen LogP contribution < -0.4 is 5.32 Å². The maximum atomic E-state index is 10.3. The molecule has 0 spiro atoms. The van der Waals surface area contributed by atoms with Crippen LogP contribution >= 0.6 is 0 Å². The summed E-state index contributed by atoms with van der Waals surface area (Å²) in [5.41, 5.74) is 0.862. The third-order valence-corrected chi connectivity index (χ3v) is 2.05. The second-order valence-corrected chi connectivity index (χ2v) is 3.38. The van der Waals surface area contributed by atoms with E-state index in [0.717, 1.165) is 5.56 Å². The number of hydrogen-bond donors (Lipinski definition) is 2. The van der Waals surface area contributed by atoms with Crippen molar-refractivity contribution < 1.29 is 14.4 Å². The predicted molar refractivity (Wildman–Crippen MR) is 59.1 cm³/mol. The minimum Gasteiger partial charge on any atom is -0.480 e. The molecular weight excluding hydrogens is 222 g/mol. The van der Waals surface area contributed by atoms with Gasteiger partial charge in [-0.2, -0.15) is 4.98 Å². The topological polar surface area (TPSA) is 88.2 Å². The fourth-order valence-electron chi connectivity index (χ4n) is 1.31. The van der Waals surface area contributed by atoms with Crippen molar-refractivity contribution in [3.8, 4) is 11.4 Å². The van der Waals surface area contributed by atoms with Gasteiger partial charge in [-0.1, -0.05) is 35.5 Å². The lowest BCUT2D eigenvalue weighted by Crippen LogP contribution is -2.21. The molecule has 0 saturated carbocycles. The van der Waals surface area contributed by atoms with Gasteiger partial charge in [0.05, 0.1) is 13.1 Å². The van der Waals surface area contributed by atoms with Gasteiger partial charge in [-0.25, -0.2) is 0 Å². The van der Waals surface area contributed by atoms with Crippen molar-refractivity contribution in [2.45, 2.75) is 6.54 Å². The largest absolute Gasteiger partial charge is 0.480 e.